The van der Waals surface area contributed by atoms with Gasteiger partial charge in [-0.3, -0.25) is 4.79 Å². The number of carbonyl (C=O) groups is 1. The maximum atomic E-state index is 13.3. The van der Waals surface area contributed by atoms with Crippen LogP contribution >= 0.6 is 11.6 Å². The Morgan fingerprint density at radius 2 is 2.13 bits per heavy atom. The number of hydrogen-bond acceptors (Lipinski definition) is 2. The Balaban J connectivity index is 3.45. The minimum absolute atomic E-state index is 0.140. The van der Waals surface area contributed by atoms with E-state index in [1.807, 2.05) is 0 Å². The van der Waals surface area contributed by atoms with Crippen LogP contribution in [0, 0.1) is 19.7 Å². The van der Waals surface area contributed by atoms with Crippen LogP contribution in [0.15, 0.2) is 6.07 Å². The Hall–Kier alpha value is -1.13. The van der Waals surface area contributed by atoms with E-state index in [1.165, 1.54) is 6.07 Å². The van der Waals surface area contributed by atoms with Crippen molar-refractivity contribution in [1.29, 1.82) is 0 Å². The summed E-state index contributed by atoms with van der Waals surface area (Å²) in [5.74, 6) is -1.88. The maximum Gasteiger partial charge on any atom is 0.325 e. The summed E-state index contributed by atoms with van der Waals surface area (Å²) in [4.78, 5) is 10.7. The van der Waals surface area contributed by atoms with Gasteiger partial charge >= 0.3 is 5.97 Å². The molecule has 82 valence electrons. The lowest BCUT2D eigenvalue weighted by Crippen LogP contribution is -2.22. The molecule has 1 rings (SSSR count). The van der Waals surface area contributed by atoms with E-state index in [0.29, 0.717) is 11.1 Å². The van der Waals surface area contributed by atoms with Crippen molar-refractivity contribution in [2.45, 2.75) is 19.9 Å². The highest BCUT2D eigenvalue weighted by molar-refractivity contribution is 6.32. The maximum absolute atomic E-state index is 13.3. The molecule has 5 heteroatoms. The van der Waals surface area contributed by atoms with Gasteiger partial charge in [0.15, 0.2) is 0 Å². The van der Waals surface area contributed by atoms with Crippen molar-refractivity contribution in [2.75, 3.05) is 0 Å². The molecule has 0 spiro atoms. The predicted molar refractivity (Wildman–Crippen MR) is 55.4 cm³/mol. The third-order valence-corrected chi connectivity index (χ3v) is 2.75. The fourth-order valence-corrected chi connectivity index (χ4v) is 1.67. The minimum atomic E-state index is -1.30. The molecular formula is C10H11ClFNO2. The summed E-state index contributed by atoms with van der Waals surface area (Å²) in [5.41, 5.74) is 6.80. The highest BCUT2D eigenvalue weighted by atomic mass is 35.5. The van der Waals surface area contributed by atoms with Crippen LogP contribution in [-0.4, -0.2) is 11.1 Å². The topological polar surface area (TPSA) is 63.3 Å². The Kier molecular flexibility index (Phi) is 3.31. The largest absolute Gasteiger partial charge is 0.480 e. The first-order valence-electron chi connectivity index (χ1n) is 4.29. The second-order valence-corrected chi connectivity index (χ2v) is 3.72. The molecule has 0 aromatic heterocycles. The highest BCUT2D eigenvalue weighted by Crippen LogP contribution is 2.30. The van der Waals surface area contributed by atoms with Gasteiger partial charge in [0.05, 0.1) is 5.02 Å². The molecule has 0 amide bonds. The zero-order valence-electron chi connectivity index (χ0n) is 8.34. The number of aryl methyl sites for hydroxylation is 1. The summed E-state index contributed by atoms with van der Waals surface area (Å²) in [6.45, 7) is 3.34. The van der Waals surface area contributed by atoms with E-state index < -0.39 is 17.8 Å². The second-order valence-electron chi connectivity index (χ2n) is 3.34. The molecule has 1 atom stereocenters. The van der Waals surface area contributed by atoms with Gasteiger partial charge in [0.25, 0.3) is 0 Å². The summed E-state index contributed by atoms with van der Waals surface area (Å²) in [6, 6.07) is -0.0395. The molecule has 0 bridgehead atoms. The molecule has 0 saturated heterocycles. The van der Waals surface area contributed by atoms with E-state index in [0.717, 1.165) is 0 Å². The van der Waals surface area contributed by atoms with Crippen LogP contribution < -0.4 is 5.73 Å². The fourth-order valence-electron chi connectivity index (χ4n) is 1.36. The number of halogens is 2. The van der Waals surface area contributed by atoms with Crippen molar-refractivity contribution in [1.82, 2.24) is 0 Å². The zero-order valence-corrected chi connectivity index (χ0v) is 9.10. The molecule has 0 aliphatic rings. The SMILES string of the molecule is Cc1cc(F)c(Cl)c(C(N)C(=O)O)c1C. The lowest BCUT2D eigenvalue weighted by atomic mass is 9.97. The molecule has 0 radical (unpaired) electrons. The summed E-state index contributed by atoms with van der Waals surface area (Å²) >= 11 is 5.69. The molecule has 0 aliphatic carbocycles. The summed E-state index contributed by atoms with van der Waals surface area (Å²) in [5, 5.41) is 8.55. The molecule has 0 aliphatic heterocycles. The summed E-state index contributed by atoms with van der Waals surface area (Å²) in [6.07, 6.45) is 0. The van der Waals surface area contributed by atoms with Gasteiger partial charge in [0.1, 0.15) is 11.9 Å². The smallest absolute Gasteiger partial charge is 0.325 e. The number of benzene rings is 1. The van der Waals surface area contributed by atoms with Gasteiger partial charge in [0, 0.05) is 5.56 Å². The van der Waals surface area contributed by atoms with E-state index >= 15 is 0 Å². The van der Waals surface area contributed by atoms with Gasteiger partial charge in [-0.05, 0) is 31.0 Å². The number of carboxylic acids is 1. The lowest BCUT2D eigenvalue weighted by molar-refractivity contribution is -0.138. The Bertz CT molecular complexity index is 394. The van der Waals surface area contributed by atoms with Crippen LogP contribution in [0.4, 0.5) is 4.39 Å². The Labute approximate surface area is 91.7 Å². The Morgan fingerprint density at radius 1 is 1.60 bits per heavy atom. The molecule has 0 saturated carbocycles. The number of aliphatic carboxylic acids is 1. The summed E-state index contributed by atoms with van der Waals surface area (Å²) < 4.78 is 13.3. The standard InChI is InChI=1S/C10H11ClFNO2/c1-4-3-6(12)8(11)7(5(4)2)9(13)10(14)15/h3,9H,13H2,1-2H3,(H,14,15). The third-order valence-electron chi connectivity index (χ3n) is 2.36. The van der Waals surface area contributed by atoms with Crippen molar-refractivity contribution >= 4 is 17.6 Å². The number of nitrogens with two attached hydrogens (primary N) is 1. The van der Waals surface area contributed by atoms with Gasteiger partial charge in [-0.2, -0.15) is 0 Å². The Morgan fingerprint density at radius 3 is 2.60 bits per heavy atom. The lowest BCUT2D eigenvalue weighted by Gasteiger charge is -2.15. The van der Waals surface area contributed by atoms with Gasteiger partial charge in [-0.15, -0.1) is 0 Å². The average Bonchev–Trinajstić information content (AvgIpc) is 2.15. The number of carboxylic acid groups (broad SMARTS) is 1. The van der Waals surface area contributed by atoms with Crippen molar-refractivity contribution in [3.63, 3.8) is 0 Å². The zero-order chi connectivity index (χ0) is 11.7. The van der Waals surface area contributed by atoms with Gasteiger partial charge in [-0.1, -0.05) is 11.6 Å². The van der Waals surface area contributed by atoms with Crippen molar-refractivity contribution in [3.8, 4) is 0 Å². The van der Waals surface area contributed by atoms with Crippen molar-refractivity contribution in [3.05, 3.63) is 33.6 Å². The normalized spacial score (nSPS) is 12.6. The number of rotatable bonds is 2. The van der Waals surface area contributed by atoms with Crippen LogP contribution in [0.3, 0.4) is 0 Å². The van der Waals surface area contributed by atoms with Crippen molar-refractivity contribution < 1.29 is 14.3 Å². The summed E-state index contributed by atoms with van der Waals surface area (Å²) in [7, 11) is 0. The van der Waals surface area contributed by atoms with Gasteiger partial charge in [-0.25, -0.2) is 4.39 Å². The first-order valence-corrected chi connectivity index (χ1v) is 4.67. The van der Waals surface area contributed by atoms with E-state index in [2.05, 4.69) is 0 Å². The van der Waals surface area contributed by atoms with Gasteiger partial charge in [0.2, 0.25) is 0 Å². The van der Waals surface area contributed by atoms with Crippen LogP contribution in [0.25, 0.3) is 0 Å². The molecule has 3 N–H and O–H groups in total. The van der Waals surface area contributed by atoms with E-state index in [1.54, 1.807) is 13.8 Å². The van der Waals surface area contributed by atoms with Gasteiger partial charge < -0.3 is 10.8 Å². The van der Waals surface area contributed by atoms with E-state index in [4.69, 9.17) is 22.4 Å². The predicted octanol–water partition coefficient (Wildman–Crippen LogP) is 2.18. The second kappa shape index (κ2) is 4.16. The molecule has 0 fully saturated rings. The van der Waals surface area contributed by atoms with Crippen LogP contribution in [-0.2, 0) is 4.79 Å². The van der Waals surface area contributed by atoms with E-state index in [9.17, 15) is 9.18 Å². The molecular weight excluding hydrogens is 221 g/mol. The minimum Gasteiger partial charge on any atom is -0.480 e. The first-order chi connectivity index (χ1) is 6.86. The van der Waals surface area contributed by atoms with Crippen LogP contribution in [0.1, 0.15) is 22.7 Å². The first kappa shape index (κ1) is 11.9. The van der Waals surface area contributed by atoms with Crippen molar-refractivity contribution in [2.24, 2.45) is 5.73 Å². The van der Waals surface area contributed by atoms with Crippen LogP contribution in [0.2, 0.25) is 5.02 Å². The van der Waals surface area contributed by atoms with Crippen LogP contribution in [0.5, 0.6) is 0 Å². The van der Waals surface area contributed by atoms with E-state index in [-0.39, 0.29) is 10.6 Å². The molecule has 1 aromatic carbocycles. The number of hydrogen-bond donors (Lipinski definition) is 2. The molecule has 0 heterocycles. The quantitative estimate of drug-likeness (QED) is 0.820. The average molecular weight is 232 g/mol. The monoisotopic (exact) mass is 231 g/mol. The fraction of sp³-hybridized carbons (Fsp3) is 0.300. The highest BCUT2D eigenvalue weighted by Gasteiger charge is 2.23. The molecule has 1 aromatic rings. The molecule has 15 heavy (non-hydrogen) atoms. The third kappa shape index (κ3) is 2.11. The molecule has 3 nitrogen and oxygen atoms in total. The molecule has 1 unspecified atom stereocenters.